The predicted octanol–water partition coefficient (Wildman–Crippen LogP) is 10.8. The third-order valence-corrected chi connectivity index (χ3v) is 10.4. The molecule has 3 heteroatoms. The Bertz CT molecular complexity index is 2640. The highest BCUT2D eigenvalue weighted by atomic mass is 14.7. The quantitative estimate of drug-likeness (QED) is 0.197. The number of fused-ring (bicyclic) bond motifs is 12. The third-order valence-electron chi connectivity index (χ3n) is 10.4. The van der Waals surface area contributed by atoms with Gasteiger partial charge in [0.2, 0.25) is 0 Å². The summed E-state index contributed by atoms with van der Waals surface area (Å²) in [5.74, 6) is 0. The van der Waals surface area contributed by atoms with Crippen molar-refractivity contribution in [1.82, 2.24) is 9.97 Å². The molecule has 0 amide bonds. The van der Waals surface area contributed by atoms with E-state index in [0.29, 0.717) is 5.56 Å². The zero-order valence-corrected chi connectivity index (χ0v) is 26.4. The molecule has 10 rings (SSSR count). The lowest BCUT2D eigenvalue weighted by molar-refractivity contribution is 0.795. The fourth-order valence-electron chi connectivity index (χ4n) is 8.40. The molecule has 2 aliphatic carbocycles. The summed E-state index contributed by atoms with van der Waals surface area (Å²) in [5, 5.41) is 11.9. The van der Waals surface area contributed by atoms with Crippen LogP contribution in [0.1, 0.15) is 27.8 Å². The van der Waals surface area contributed by atoms with E-state index in [4.69, 9.17) is 4.98 Å². The first-order valence-corrected chi connectivity index (χ1v) is 16.5. The molecule has 0 N–H and O–H groups in total. The summed E-state index contributed by atoms with van der Waals surface area (Å²) in [6.07, 6.45) is 3.36. The first-order valence-electron chi connectivity index (χ1n) is 16.5. The van der Waals surface area contributed by atoms with Crippen molar-refractivity contribution < 1.29 is 0 Å². The summed E-state index contributed by atoms with van der Waals surface area (Å²) in [5.41, 5.74) is 16.3. The van der Waals surface area contributed by atoms with Gasteiger partial charge < -0.3 is 0 Å². The van der Waals surface area contributed by atoms with Crippen LogP contribution in [0.5, 0.6) is 0 Å². The lowest BCUT2D eigenvalue weighted by Gasteiger charge is -2.31. The van der Waals surface area contributed by atoms with Crippen LogP contribution in [-0.2, 0) is 5.41 Å². The SMILES string of the molecule is N#Cc1cncc(-c2cccc(-c3cc4c(c5ccccc35)-c3ccc(-c5ccccc5)cc3C43c4ccccc4-c4ccccc43)n2)c1. The molecule has 0 fully saturated rings. The molecule has 3 nitrogen and oxygen atoms in total. The van der Waals surface area contributed by atoms with E-state index >= 15 is 0 Å². The largest absolute Gasteiger partial charge is 0.263 e. The minimum absolute atomic E-state index is 0.510. The molecule has 8 aromatic rings. The Hall–Kier alpha value is -6.63. The molecule has 0 unspecified atom stereocenters. The Morgan fingerprint density at radius 3 is 1.92 bits per heavy atom. The van der Waals surface area contributed by atoms with Crippen LogP contribution in [0.2, 0.25) is 0 Å². The third kappa shape index (κ3) is 3.83. The van der Waals surface area contributed by atoms with Gasteiger partial charge in [-0.2, -0.15) is 5.26 Å². The van der Waals surface area contributed by atoms with E-state index in [-0.39, 0.29) is 0 Å². The van der Waals surface area contributed by atoms with Crippen LogP contribution in [0.4, 0.5) is 0 Å². The molecule has 0 aliphatic heterocycles. The fourth-order valence-corrected chi connectivity index (χ4v) is 8.40. The maximum atomic E-state index is 9.54. The number of rotatable bonds is 3. The molecule has 49 heavy (non-hydrogen) atoms. The summed E-state index contributed by atoms with van der Waals surface area (Å²) in [7, 11) is 0. The van der Waals surface area contributed by atoms with E-state index in [1.54, 1.807) is 12.4 Å². The lowest BCUT2D eigenvalue weighted by Crippen LogP contribution is -2.26. The number of hydrogen-bond acceptors (Lipinski definition) is 3. The zero-order valence-electron chi connectivity index (χ0n) is 26.4. The van der Waals surface area contributed by atoms with Gasteiger partial charge in [0, 0.05) is 23.5 Å². The molecule has 6 aromatic carbocycles. The summed E-state index contributed by atoms with van der Waals surface area (Å²) in [4.78, 5) is 9.53. The van der Waals surface area contributed by atoms with Crippen molar-refractivity contribution in [2.75, 3.05) is 0 Å². The lowest BCUT2D eigenvalue weighted by atomic mass is 9.69. The molecule has 2 aromatic heterocycles. The Kier molecular flexibility index (Phi) is 5.85. The van der Waals surface area contributed by atoms with Gasteiger partial charge in [-0.25, -0.2) is 4.98 Å². The van der Waals surface area contributed by atoms with Gasteiger partial charge in [-0.15, -0.1) is 0 Å². The topological polar surface area (TPSA) is 49.6 Å². The average Bonchev–Trinajstić information content (AvgIpc) is 3.65. The zero-order chi connectivity index (χ0) is 32.5. The van der Waals surface area contributed by atoms with Crippen molar-refractivity contribution in [3.63, 3.8) is 0 Å². The summed E-state index contributed by atoms with van der Waals surface area (Å²) in [6.45, 7) is 0. The molecule has 0 saturated heterocycles. The van der Waals surface area contributed by atoms with Crippen LogP contribution in [0.15, 0.2) is 164 Å². The van der Waals surface area contributed by atoms with Gasteiger partial charge in [0.05, 0.1) is 22.4 Å². The molecular weight excluding hydrogens is 595 g/mol. The van der Waals surface area contributed by atoms with E-state index in [9.17, 15) is 5.26 Å². The van der Waals surface area contributed by atoms with Gasteiger partial charge in [-0.1, -0.05) is 121 Å². The molecule has 1 spiro atoms. The average molecular weight is 622 g/mol. The van der Waals surface area contributed by atoms with Crippen LogP contribution >= 0.6 is 0 Å². The van der Waals surface area contributed by atoms with Gasteiger partial charge in [0.25, 0.3) is 0 Å². The second-order valence-electron chi connectivity index (χ2n) is 12.8. The Morgan fingerprint density at radius 1 is 0.449 bits per heavy atom. The normalized spacial score (nSPS) is 13.0. The van der Waals surface area contributed by atoms with Gasteiger partial charge in [-0.05, 0) is 96.7 Å². The van der Waals surface area contributed by atoms with Crippen LogP contribution in [0.3, 0.4) is 0 Å². The van der Waals surface area contributed by atoms with Crippen molar-refractivity contribution in [2.45, 2.75) is 5.41 Å². The maximum Gasteiger partial charge on any atom is 0.101 e. The number of aromatic nitrogens is 2. The summed E-state index contributed by atoms with van der Waals surface area (Å²) in [6, 6.07) is 57.0. The van der Waals surface area contributed by atoms with Crippen molar-refractivity contribution >= 4 is 10.8 Å². The molecule has 2 aliphatic rings. The molecule has 2 heterocycles. The molecule has 0 radical (unpaired) electrons. The van der Waals surface area contributed by atoms with Crippen LogP contribution in [0, 0.1) is 11.3 Å². The Morgan fingerprint density at radius 2 is 1.14 bits per heavy atom. The maximum absolute atomic E-state index is 9.54. The van der Waals surface area contributed by atoms with E-state index in [1.165, 1.54) is 61.0 Å². The highest BCUT2D eigenvalue weighted by Crippen LogP contribution is 2.64. The van der Waals surface area contributed by atoms with Crippen LogP contribution in [0.25, 0.3) is 66.7 Å². The summed E-state index contributed by atoms with van der Waals surface area (Å²) < 4.78 is 0. The predicted molar refractivity (Wildman–Crippen MR) is 197 cm³/mol. The van der Waals surface area contributed by atoms with Crippen molar-refractivity contribution in [2.24, 2.45) is 0 Å². The van der Waals surface area contributed by atoms with E-state index in [2.05, 4.69) is 151 Å². The number of benzene rings is 6. The molecule has 0 atom stereocenters. The summed E-state index contributed by atoms with van der Waals surface area (Å²) >= 11 is 0. The van der Waals surface area contributed by atoms with Crippen LogP contribution < -0.4 is 0 Å². The van der Waals surface area contributed by atoms with Crippen molar-refractivity contribution in [3.05, 3.63) is 192 Å². The smallest absolute Gasteiger partial charge is 0.101 e. The van der Waals surface area contributed by atoms with Crippen molar-refractivity contribution in [1.29, 1.82) is 5.26 Å². The number of nitriles is 1. The van der Waals surface area contributed by atoms with E-state index in [1.807, 2.05) is 12.1 Å². The number of pyridine rings is 2. The van der Waals surface area contributed by atoms with Gasteiger partial charge in [0.15, 0.2) is 0 Å². The molecule has 226 valence electrons. The molecular formula is C46H27N3. The minimum Gasteiger partial charge on any atom is -0.263 e. The van der Waals surface area contributed by atoms with E-state index < -0.39 is 5.41 Å². The fraction of sp³-hybridized carbons (Fsp3) is 0.0217. The number of hydrogen-bond donors (Lipinski definition) is 0. The highest BCUT2D eigenvalue weighted by molar-refractivity contribution is 6.11. The van der Waals surface area contributed by atoms with Crippen LogP contribution in [-0.4, -0.2) is 9.97 Å². The highest BCUT2D eigenvalue weighted by Gasteiger charge is 2.52. The Labute approximate surface area is 284 Å². The molecule has 0 bridgehead atoms. The van der Waals surface area contributed by atoms with Gasteiger partial charge in [-0.3, -0.25) is 4.98 Å². The first kappa shape index (κ1) is 27.5. The van der Waals surface area contributed by atoms with Gasteiger partial charge >= 0.3 is 0 Å². The minimum atomic E-state index is -0.510. The standard InChI is InChI=1S/C46H27N3/c47-26-29-23-32(28-48-27-29)43-19-10-20-44(49-43)38-25-42-45(36-16-5-4-13-33(36)38)37-22-21-31(30-11-2-1-3-12-30)24-41(37)46(42)39-17-8-6-14-34(39)35-15-7-9-18-40(35)46/h1-25,27-28H. The Balaban J connectivity index is 1.32. The second-order valence-corrected chi connectivity index (χ2v) is 12.8. The van der Waals surface area contributed by atoms with Crippen molar-refractivity contribution in [3.8, 4) is 62.0 Å². The van der Waals surface area contributed by atoms with Gasteiger partial charge in [0.1, 0.15) is 6.07 Å². The first-order chi connectivity index (χ1) is 24.3. The second kappa shape index (κ2) is 10.4. The molecule has 0 saturated carbocycles. The number of nitrogens with zero attached hydrogens (tertiary/aromatic N) is 3. The monoisotopic (exact) mass is 621 g/mol. The van der Waals surface area contributed by atoms with E-state index in [0.717, 1.165) is 27.9 Å².